The van der Waals surface area contributed by atoms with Gasteiger partial charge in [0, 0.05) is 8.07 Å². The maximum absolute atomic E-state index is 12.4. The Hall–Kier alpha value is -1.56. The topological polar surface area (TPSA) is 26.3 Å². The van der Waals surface area contributed by atoms with Crippen molar-refractivity contribution in [1.82, 2.24) is 0 Å². The van der Waals surface area contributed by atoms with Gasteiger partial charge >= 0.3 is 12.1 Å². The molecule has 1 aromatic carbocycles. The van der Waals surface area contributed by atoms with Gasteiger partial charge < -0.3 is 4.74 Å². The van der Waals surface area contributed by atoms with Crippen LogP contribution in [0.25, 0.3) is 0 Å². The summed E-state index contributed by atoms with van der Waals surface area (Å²) in [6, 6.07) is 4.98. The number of halogens is 3. The van der Waals surface area contributed by atoms with E-state index in [4.69, 9.17) is 4.74 Å². The van der Waals surface area contributed by atoms with Crippen LogP contribution >= 0.6 is 0 Å². The zero-order valence-corrected chi connectivity index (χ0v) is 13.3. The predicted molar refractivity (Wildman–Crippen MR) is 79.0 cm³/mol. The molecule has 1 rings (SSSR count). The maximum Gasteiger partial charge on any atom is 0.416 e. The molecule has 1 aromatic rings. The van der Waals surface area contributed by atoms with E-state index in [2.05, 4.69) is 19.6 Å². The summed E-state index contributed by atoms with van der Waals surface area (Å²) in [4.78, 5) is 11.6. The van der Waals surface area contributed by atoms with Gasteiger partial charge in [0.25, 0.3) is 0 Å². The van der Waals surface area contributed by atoms with Crippen LogP contribution in [0, 0.1) is 0 Å². The van der Waals surface area contributed by atoms with Crippen molar-refractivity contribution in [2.75, 3.05) is 6.61 Å². The fourth-order valence-electron chi connectivity index (χ4n) is 1.51. The average Bonchev–Trinajstić information content (AvgIpc) is 2.36. The number of alkyl halides is 3. The Morgan fingerprint density at radius 2 is 1.71 bits per heavy atom. The second-order valence-electron chi connectivity index (χ2n) is 5.91. The van der Waals surface area contributed by atoms with Crippen LogP contribution in [0.4, 0.5) is 13.2 Å². The molecular weight excluding hydrogens is 297 g/mol. The van der Waals surface area contributed by atoms with Crippen molar-refractivity contribution < 1.29 is 22.7 Å². The van der Waals surface area contributed by atoms with Crippen LogP contribution < -0.4 is 0 Å². The summed E-state index contributed by atoms with van der Waals surface area (Å²) in [7, 11) is -1.16. The molecule has 0 heterocycles. The van der Waals surface area contributed by atoms with Crippen LogP contribution in [0.5, 0.6) is 0 Å². The van der Waals surface area contributed by atoms with Gasteiger partial charge in [-0.25, -0.2) is 4.79 Å². The molecule has 0 aliphatic rings. The Labute approximate surface area is 123 Å². The molecule has 0 unspecified atom stereocenters. The third-order valence-corrected chi connectivity index (χ3v) is 4.12. The van der Waals surface area contributed by atoms with Gasteiger partial charge in [0.05, 0.1) is 11.1 Å². The Morgan fingerprint density at radius 1 is 1.14 bits per heavy atom. The first-order valence-corrected chi connectivity index (χ1v) is 10.3. The SMILES string of the molecule is C[Si](C)(C)CC=CCOC(=O)c1ccc(C(F)(F)F)cc1. The number of allylic oxidation sites excluding steroid dienone is 1. The first-order valence-electron chi connectivity index (χ1n) is 6.59. The zero-order valence-electron chi connectivity index (χ0n) is 12.3. The molecule has 0 amide bonds. The van der Waals surface area contributed by atoms with Crippen molar-refractivity contribution in [2.45, 2.75) is 31.9 Å². The van der Waals surface area contributed by atoms with Crippen molar-refractivity contribution in [3.63, 3.8) is 0 Å². The summed E-state index contributed by atoms with van der Waals surface area (Å²) >= 11 is 0. The van der Waals surface area contributed by atoms with Crippen LogP contribution in [-0.2, 0) is 10.9 Å². The van der Waals surface area contributed by atoms with Gasteiger partial charge in [-0.15, -0.1) is 0 Å². The van der Waals surface area contributed by atoms with Crippen LogP contribution in [0.2, 0.25) is 25.7 Å². The highest BCUT2D eigenvalue weighted by molar-refractivity contribution is 6.76. The molecule has 0 aliphatic heterocycles. The first-order chi connectivity index (χ1) is 9.59. The lowest BCUT2D eigenvalue weighted by atomic mass is 10.1. The van der Waals surface area contributed by atoms with Crippen molar-refractivity contribution in [3.8, 4) is 0 Å². The van der Waals surface area contributed by atoms with E-state index in [-0.39, 0.29) is 12.2 Å². The highest BCUT2D eigenvalue weighted by Gasteiger charge is 2.30. The lowest BCUT2D eigenvalue weighted by molar-refractivity contribution is -0.137. The standard InChI is InChI=1S/C15H19F3O2Si/c1-21(2,3)11-5-4-10-20-14(19)12-6-8-13(9-7-12)15(16,17)18/h4-9H,10-11H2,1-3H3. The summed E-state index contributed by atoms with van der Waals surface area (Å²) in [5, 5.41) is 0. The Balaban J connectivity index is 2.50. The Bertz CT molecular complexity index is 499. The van der Waals surface area contributed by atoms with E-state index in [0.29, 0.717) is 0 Å². The van der Waals surface area contributed by atoms with Crippen molar-refractivity contribution >= 4 is 14.0 Å². The van der Waals surface area contributed by atoms with Gasteiger partial charge in [-0.3, -0.25) is 0 Å². The molecule has 0 atom stereocenters. The first kappa shape index (κ1) is 17.5. The highest BCUT2D eigenvalue weighted by atomic mass is 28.3. The molecule has 6 heteroatoms. The quantitative estimate of drug-likeness (QED) is 0.445. The molecular formula is C15H19F3O2Si. The molecule has 0 bridgehead atoms. The van der Waals surface area contributed by atoms with Gasteiger partial charge in [-0.05, 0) is 30.3 Å². The third-order valence-electron chi connectivity index (χ3n) is 2.66. The molecule has 2 nitrogen and oxygen atoms in total. The molecule has 116 valence electrons. The molecule has 0 aromatic heterocycles. The van der Waals surface area contributed by atoms with Crippen LogP contribution in [0.3, 0.4) is 0 Å². The summed E-state index contributed by atoms with van der Waals surface area (Å²) in [5.41, 5.74) is -0.671. The van der Waals surface area contributed by atoms with E-state index >= 15 is 0 Å². The maximum atomic E-state index is 12.4. The van der Waals surface area contributed by atoms with Gasteiger partial charge in [0.2, 0.25) is 0 Å². The number of ether oxygens (including phenoxy) is 1. The predicted octanol–water partition coefficient (Wildman–Crippen LogP) is 4.76. The fourth-order valence-corrected chi connectivity index (χ4v) is 2.38. The normalized spacial score (nSPS) is 12.7. The van der Waals surface area contributed by atoms with Crippen LogP contribution in [-0.4, -0.2) is 20.7 Å². The molecule has 0 N–H and O–H groups in total. The lowest BCUT2D eigenvalue weighted by Crippen LogP contribution is -2.17. The van der Waals surface area contributed by atoms with E-state index in [9.17, 15) is 18.0 Å². The number of esters is 1. The highest BCUT2D eigenvalue weighted by Crippen LogP contribution is 2.29. The van der Waals surface area contributed by atoms with Crippen molar-refractivity contribution in [1.29, 1.82) is 0 Å². The summed E-state index contributed by atoms with van der Waals surface area (Å²) in [6.45, 7) is 6.81. The number of carbonyl (C=O) groups is 1. The van der Waals surface area contributed by atoms with E-state index in [1.165, 1.54) is 0 Å². The molecule has 0 radical (unpaired) electrons. The van der Waals surface area contributed by atoms with Gasteiger partial charge in [-0.2, -0.15) is 13.2 Å². The van der Waals surface area contributed by atoms with E-state index in [1.807, 2.05) is 6.08 Å². The number of hydrogen-bond donors (Lipinski definition) is 0. The van der Waals surface area contributed by atoms with Gasteiger partial charge in [0.15, 0.2) is 0 Å². The summed E-state index contributed by atoms with van der Waals surface area (Å²) < 4.78 is 42.1. The molecule has 0 spiro atoms. The Kier molecular flexibility index (Phi) is 5.77. The number of hydrogen-bond acceptors (Lipinski definition) is 2. The molecule has 21 heavy (non-hydrogen) atoms. The minimum Gasteiger partial charge on any atom is -0.458 e. The second-order valence-corrected chi connectivity index (χ2v) is 11.4. The van der Waals surface area contributed by atoms with E-state index in [1.54, 1.807) is 6.08 Å². The molecule has 0 aliphatic carbocycles. The van der Waals surface area contributed by atoms with E-state index in [0.717, 1.165) is 30.3 Å². The minimum atomic E-state index is -4.40. The van der Waals surface area contributed by atoms with Gasteiger partial charge in [-0.1, -0.05) is 31.8 Å². The van der Waals surface area contributed by atoms with Crippen LogP contribution in [0.15, 0.2) is 36.4 Å². The monoisotopic (exact) mass is 316 g/mol. The van der Waals surface area contributed by atoms with Crippen molar-refractivity contribution in [3.05, 3.63) is 47.5 Å². The number of benzene rings is 1. The summed E-state index contributed by atoms with van der Waals surface area (Å²) in [5.74, 6) is -0.624. The molecule has 0 fully saturated rings. The third kappa shape index (κ3) is 6.62. The molecule has 0 saturated carbocycles. The van der Waals surface area contributed by atoms with Crippen LogP contribution in [0.1, 0.15) is 15.9 Å². The minimum absolute atomic E-state index is 0.113. The second kappa shape index (κ2) is 6.93. The zero-order chi connectivity index (χ0) is 16.1. The van der Waals surface area contributed by atoms with E-state index < -0.39 is 25.8 Å². The lowest BCUT2D eigenvalue weighted by Gasteiger charge is -2.11. The van der Waals surface area contributed by atoms with Crippen molar-refractivity contribution in [2.24, 2.45) is 0 Å². The number of carbonyl (C=O) groups excluding carboxylic acids is 1. The number of rotatable bonds is 5. The average molecular weight is 316 g/mol. The molecule has 0 saturated heterocycles. The summed E-state index contributed by atoms with van der Waals surface area (Å²) in [6.07, 6.45) is -0.658. The largest absolute Gasteiger partial charge is 0.458 e. The fraction of sp³-hybridized carbons (Fsp3) is 0.400. The smallest absolute Gasteiger partial charge is 0.416 e. The van der Waals surface area contributed by atoms with Gasteiger partial charge in [0.1, 0.15) is 6.61 Å². The Morgan fingerprint density at radius 3 is 2.19 bits per heavy atom.